The first-order valence-corrected chi connectivity index (χ1v) is 30.1. The highest BCUT2D eigenvalue weighted by atomic mass is 32.2. The quantitative estimate of drug-likeness (QED) is 0.0953. The number of carboxylic acid groups (broad SMARTS) is 1. The van der Waals surface area contributed by atoms with Crippen LogP contribution in [0, 0.1) is 13.8 Å². The van der Waals surface area contributed by atoms with Crippen molar-refractivity contribution in [2.24, 2.45) is 0 Å². The van der Waals surface area contributed by atoms with Crippen molar-refractivity contribution in [2.75, 3.05) is 34.4 Å². The summed E-state index contributed by atoms with van der Waals surface area (Å²) < 4.78 is 52.9. The molecule has 0 N–H and O–H groups in total. The van der Waals surface area contributed by atoms with Gasteiger partial charge < -0.3 is 24.1 Å². The molecule has 9 rings (SSSR count). The Morgan fingerprint density at radius 1 is 0.506 bits per heavy atom. The van der Waals surface area contributed by atoms with E-state index in [4.69, 9.17) is 14.2 Å². The SMILES string of the molecule is COc1cccc([S+](c2cccc(OC)c2)c2cccc(OC)c2)c1.Cc1c(C(C)C)cc(C(C)C)cc1C(C)C.Cc1cc(C(=O)[O-])cc(C(F)(F)F)c1.c1ccc([S+](c2ccccc2)c2ccc(CN3CCCCC3)cc2)cc1. The number of likely N-dealkylation sites (tertiary alicyclic amines) is 1. The summed E-state index contributed by atoms with van der Waals surface area (Å²) in [5.41, 5.74) is 6.26. The van der Waals surface area contributed by atoms with Gasteiger partial charge in [0.1, 0.15) is 17.2 Å². The van der Waals surface area contributed by atoms with Crippen molar-refractivity contribution in [1.29, 1.82) is 0 Å². The summed E-state index contributed by atoms with van der Waals surface area (Å²) >= 11 is 0. The molecule has 0 atom stereocenters. The standard InChI is InChI=1S/C24H26NS.C21H21O3S.C16H26.C9H7F3O2/c1-4-10-22(11-5-1)26(23-12-6-2-7-13-23)24-16-14-21(15-17-24)20-25-18-8-3-9-19-25;1-22-16-7-4-10-19(13-16)25(20-11-5-8-17(14-20)23-2)21-12-6-9-18(15-21)24-3;1-10(2)14-8-15(11(3)4)13(7)16(9-14)12(5)6;1-5-2-6(8(13)14)4-7(3-5)9(10,11)12/h1-2,4-7,10-17H,3,8-9,18-20H2;4-15H,1-3H3;8-12H,1-7H3;2-4H,1H3,(H,13,14)/q2*+1;;/p-1. The minimum atomic E-state index is -4.53. The minimum absolute atomic E-state index is 0.0432. The van der Waals surface area contributed by atoms with Crippen LogP contribution in [0.3, 0.4) is 0 Å². The molecule has 1 aliphatic rings. The third kappa shape index (κ3) is 18.6. The Balaban J connectivity index is 0.000000180. The normalized spacial score (nSPS) is 12.5. The van der Waals surface area contributed by atoms with E-state index in [1.165, 1.54) is 96.5 Å². The first-order chi connectivity index (χ1) is 38.8. The first kappa shape index (κ1) is 63.3. The van der Waals surface area contributed by atoms with Crippen molar-refractivity contribution >= 4 is 27.8 Å². The van der Waals surface area contributed by atoms with Gasteiger partial charge in [-0.05, 0) is 181 Å². The number of rotatable bonds is 15. The van der Waals surface area contributed by atoms with Crippen LogP contribution in [-0.4, -0.2) is 45.3 Å². The number of carboxylic acids is 1. The number of ether oxygens (including phenoxy) is 3. The smallest absolute Gasteiger partial charge is 0.416 e. The van der Waals surface area contributed by atoms with E-state index in [0.717, 1.165) is 35.9 Å². The molecule has 8 aromatic carbocycles. The van der Waals surface area contributed by atoms with Gasteiger partial charge in [0.15, 0.2) is 29.4 Å². The maximum atomic E-state index is 12.2. The molecule has 0 spiro atoms. The number of alkyl halides is 3. The van der Waals surface area contributed by atoms with Crippen molar-refractivity contribution in [3.05, 3.63) is 233 Å². The average Bonchev–Trinajstić information content (AvgIpc) is 3.49. The van der Waals surface area contributed by atoms with Gasteiger partial charge in [-0.15, -0.1) is 0 Å². The van der Waals surface area contributed by atoms with E-state index in [2.05, 4.69) is 187 Å². The van der Waals surface area contributed by atoms with E-state index in [1.807, 2.05) is 36.4 Å². The van der Waals surface area contributed by atoms with Gasteiger partial charge >= 0.3 is 6.18 Å². The Bertz CT molecular complexity index is 3030. The van der Waals surface area contributed by atoms with Gasteiger partial charge in [0.25, 0.3) is 0 Å². The van der Waals surface area contributed by atoms with Gasteiger partial charge in [0.2, 0.25) is 0 Å². The molecule has 0 unspecified atom stereocenters. The maximum Gasteiger partial charge on any atom is 0.416 e. The van der Waals surface area contributed by atoms with Gasteiger partial charge in [-0.2, -0.15) is 13.2 Å². The Morgan fingerprint density at radius 3 is 1.30 bits per heavy atom. The van der Waals surface area contributed by atoms with Crippen LogP contribution in [-0.2, 0) is 34.5 Å². The largest absolute Gasteiger partial charge is 0.545 e. The summed E-state index contributed by atoms with van der Waals surface area (Å²) in [5.74, 6) is 2.80. The predicted molar refractivity (Wildman–Crippen MR) is 326 cm³/mol. The van der Waals surface area contributed by atoms with Crippen molar-refractivity contribution in [3.8, 4) is 17.2 Å². The molecule has 0 saturated carbocycles. The molecule has 1 saturated heterocycles. The van der Waals surface area contributed by atoms with Crippen LogP contribution >= 0.6 is 0 Å². The number of hydrogen-bond acceptors (Lipinski definition) is 6. The number of carbonyl (C=O) groups excluding carboxylic acids is 1. The number of aryl methyl sites for hydroxylation is 1. The molecule has 0 radical (unpaired) electrons. The van der Waals surface area contributed by atoms with Gasteiger partial charge in [-0.1, -0.05) is 133 Å². The number of piperidine rings is 1. The Labute approximate surface area is 486 Å². The highest BCUT2D eigenvalue weighted by Gasteiger charge is 2.32. The van der Waals surface area contributed by atoms with Gasteiger partial charge in [-0.25, -0.2) is 0 Å². The maximum absolute atomic E-state index is 12.2. The lowest BCUT2D eigenvalue weighted by Crippen LogP contribution is -2.29. The third-order valence-electron chi connectivity index (χ3n) is 13.9. The van der Waals surface area contributed by atoms with Crippen molar-refractivity contribution in [3.63, 3.8) is 0 Å². The van der Waals surface area contributed by atoms with Crippen LogP contribution in [0.2, 0.25) is 0 Å². The number of carbonyl (C=O) groups is 1. The van der Waals surface area contributed by atoms with Crippen LogP contribution in [0.1, 0.15) is 128 Å². The lowest BCUT2D eigenvalue weighted by molar-refractivity contribution is -0.255. The van der Waals surface area contributed by atoms with Gasteiger partial charge in [0, 0.05) is 24.7 Å². The molecule has 0 amide bonds. The zero-order valence-corrected chi connectivity index (χ0v) is 50.4. The van der Waals surface area contributed by atoms with Crippen LogP contribution in [0.15, 0.2) is 217 Å². The summed E-state index contributed by atoms with van der Waals surface area (Å²) in [5, 5.41) is 10.4. The van der Waals surface area contributed by atoms with E-state index in [-0.39, 0.29) is 27.4 Å². The van der Waals surface area contributed by atoms with Crippen LogP contribution in [0.4, 0.5) is 13.2 Å². The second-order valence-electron chi connectivity index (χ2n) is 20.9. The average molecular weight is 1140 g/mol. The van der Waals surface area contributed by atoms with Crippen LogP contribution in [0.25, 0.3) is 0 Å². The van der Waals surface area contributed by atoms with Crippen molar-refractivity contribution < 1.29 is 37.3 Å². The molecule has 1 fully saturated rings. The zero-order chi connectivity index (χ0) is 58.6. The Kier molecular flexibility index (Phi) is 24.0. The molecular formula is C70H79F3NO5S2+. The van der Waals surface area contributed by atoms with Gasteiger partial charge in [-0.3, -0.25) is 4.90 Å². The van der Waals surface area contributed by atoms with E-state index < -0.39 is 23.3 Å². The fraction of sp³-hybridized carbons (Fsp3) is 0.300. The molecule has 0 aromatic heterocycles. The monoisotopic (exact) mass is 1130 g/mol. The lowest BCUT2D eigenvalue weighted by Gasteiger charge is -2.26. The molecule has 0 aliphatic carbocycles. The van der Waals surface area contributed by atoms with E-state index >= 15 is 0 Å². The van der Waals surface area contributed by atoms with Gasteiger partial charge in [0.05, 0.1) is 54.7 Å². The van der Waals surface area contributed by atoms with Crippen LogP contribution in [0.5, 0.6) is 17.2 Å². The summed E-state index contributed by atoms with van der Waals surface area (Å²) in [6, 6.07) is 63.0. The summed E-state index contributed by atoms with van der Waals surface area (Å²) in [7, 11) is 4.73. The summed E-state index contributed by atoms with van der Waals surface area (Å²) in [4.78, 5) is 20.6. The molecule has 6 nitrogen and oxygen atoms in total. The molecule has 81 heavy (non-hydrogen) atoms. The Hall–Kier alpha value is -6.92. The Morgan fingerprint density at radius 2 is 0.914 bits per heavy atom. The summed E-state index contributed by atoms with van der Waals surface area (Å²) in [6.07, 6.45) is -0.435. The van der Waals surface area contributed by atoms with E-state index in [0.29, 0.717) is 23.8 Å². The molecule has 1 aliphatic heterocycles. The van der Waals surface area contributed by atoms with E-state index in [9.17, 15) is 23.1 Å². The molecule has 0 bridgehead atoms. The lowest BCUT2D eigenvalue weighted by atomic mass is 9.85. The van der Waals surface area contributed by atoms with E-state index in [1.54, 1.807) is 21.3 Å². The predicted octanol–water partition coefficient (Wildman–Crippen LogP) is 17.3. The highest BCUT2D eigenvalue weighted by Crippen LogP contribution is 2.37. The van der Waals surface area contributed by atoms with Crippen molar-refractivity contribution in [1.82, 2.24) is 4.90 Å². The van der Waals surface area contributed by atoms with Crippen LogP contribution < -0.4 is 19.3 Å². The molecule has 1 heterocycles. The first-order valence-electron chi connectivity index (χ1n) is 27.7. The molecule has 8 aromatic rings. The molecular weight excluding hydrogens is 1060 g/mol. The molecule has 426 valence electrons. The zero-order valence-electron chi connectivity index (χ0n) is 48.8. The summed E-state index contributed by atoms with van der Waals surface area (Å²) in [6.45, 7) is 21.0. The number of benzene rings is 8. The topological polar surface area (TPSA) is 71.1 Å². The minimum Gasteiger partial charge on any atom is -0.545 e. The number of halogens is 3. The fourth-order valence-electron chi connectivity index (χ4n) is 9.60. The number of aromatic carboxylic acids is 1. The fourth-order valence-corrected chi connectivity index (χ4v) is 13.8. The highest BCUT2D eigenvalue weighted by molar-refractivity contribution is 7.97. The molecule has 11 heteroatoms. The second kappa shape index (κ2) is 30.8. The number of methoxy groups -OCH3 is 3. The number of hydrogen-bond donors (Lipinski definition) is 0. The van der Waals surface area contributed by atoms with Crippen molar-refractivity contribution in [2.45, 2.75) is 135 Å². The number of nitrogens with zero attached hydrogens (tertiary/aromatic N) is 1. The second-order valence-corrected chi connectivity index (χ2v) is 25.0. The third-order valence-corrected chi connectivity index (χ3v) is 18.3.